The highest BCUT2D eigenvalue weighted by Crippen LogP contribution is 2.23. The van der Waals surface area contributed by atoms with Gasteiger partial charge in [-0.1, -0.05) is 0 Å². The molecule has 2 aliphatic rings. The van der Waals surface area contributed by atoms with Crippen molar-refractivity contribution in [1.82, 2.24) is 10.2 Å². The minimum absolute atomic E-state index is 0.106. The number of hydrogen-bond acceptors (Lipinski definition) is 4. The first kappa shape index (κ1) is 16.1. The highest BCUT2D eigenvalue weighted by molar-refractivity contribution is 7.91. The molecule has 0 spiro atoms. The Morgan fingerprint density at radius 3 is 2.33 bits per heavy atom. The van der Waals surface area contributed by atoms with E-state index in [-0.39, 0.29) is 35.5 Å². The molecule has 0 radical (unpaired) electrons. The largest absolute Gasteiger partial charge is 0.481 e. The number of sulfone groups is 1. The van der Waals surface area contributed by atoms with Crippen molar-refractivity contribution in [2.24, 2.45) is 5.92 Å². The summed E-state index contributed by atoms with van der Waals surface area (Å²) in [6.07, 6.45) is 1.83. The van der Waals surface area contributed by atoms with Crippen molar-refractivity contribution < 1.29 is 23.1 Å². The van der Waals surface area contributed by atoms with E-state index < -0.39 is 15.8 Å². The van der Waals surface area contributed by atoms with E-state index in [1.807, 2.05) is 6.92 Å². The Hall–Kier alpha value is -1.31. The molecule has 2 aliphatic heterocycles. The summed E-state index contributed by atoms with van der Waals surface area (Å²) in [6, 6.07) is -0.437. The van der Waals surface area contributed by atoms with Crippen molar-refractivity contribution >= 4 is 21.8 Å². The molecule has 0 bridgehead atoms. The number of carboxylic acids is 1. The predicted molar refractivity (Wildman–Crippen MR) is 76.7 cm³/mol. The second-order valence-electron chi connectivity index (χ2n) is 5.98. The number of aliphatic carboxylic acids is 1. The van der Waals surface area contributed by atoms with Crippen molar-refractivity contribution in [2.75, 3.05) is 18.1 Å². The van der Waals surface area contributed by atoms with Crippen LogP contribution in [0.3, 0.4) is 0 Å². The number of likely N-dealkylation sites (tertiary alicyclic amines) is 1. The molecule has 2 N–H and O–H groups in total. The first-order valence-electron chi connectivity index (χ1n) is 7.29. The molecule has 7 nitrogen and oxygen atoms in total. The zero-order valence-corrected chi connectivity index (χ0v) is 12.9. The van der Waals surface area contributed by atoms with Crippen molar-refractivity contribution in [1.29, 1.82) is 0 Å². The van der Waals surface area contributed by atoms with Crippen LogP contribution in [0.1, 0.15) is 32.6 Å². The summed E-state index contributed by atoms with van der Waals surface area (Å²) in [6.45, 7) is 2.27. The van der Waals surface area contributed by atoms with Crippen LogP contribution in [0.5, 0.6) is 0 Å². The van der Waals surface area contributed by atoms with E-state index in [4.69, 9.17) is 5.11 Å². The Labute approximate surface area is 124 Å². The molecular weight excluding hydrogens is 296 g/mol. The van der Waals surface area contributed by atoms with Crippen LogP contribution in [0.25, 0.3) is 0 Å². The van der Waals surface area contributed by atoms with Gasteiger partial charge in [0.25, 0.3) is 0 Å². The number of nitrogens with one attached hydrogen (secondary N) is 1. The molecule has 0 aromatic heterocycles. The summed E-state index contributed by atoms with van der Waals surface area (Å²) in [5, 5.41) is 11.9. The number of rotatable bonds is 2. The molecular formula is C13H22N2O5S. The zero-order valence-electron chi connectivity index (χ0n) is 12.1. The monoisotopic (exact) mass is 318 g/mol. The number of nitrogens with zero attached hydrogens (tertiary/aromatic N) is 1. The van der Waals surface area contributed by atoms with Gasteiger partial charge in [-0.3, -0.25) is 4.79 Å². The number of piperidine rings is 1. The van der Waals surface area contributed by atoms with Gasteiger partial charge in [0.05, 0.1) is 17.4 Å². The molecule has 21 heavy (non-hydrogen) atoms. The molecule has 8 heteroatoms. The Morgan fingerprint density at radius 1 is 1.19 bits per heavy atom. The second-order valence-corrected chi connectivity index (χ2v) is 8.28. The van der Waals surface area contributed by atoms with Gasteiger partial charge in [0.1, 0.15) is 9.84 Å². The van der Waals surface area contributed by atoms with E-state index in [2.05, 4.69) is 5.32 Å². The Kier molecular flexibility index (Phi) is 4.75. The van der Waals surface area contributed by atoms with Crippen LogP contribution >= 0.6 is 0 Å². The van der Waals surface area contributed by atoms with Gasteiger partial charge in [0.15, 0.2) is 0 Å². The fourth-order valence-corrected chi connectivity index (χ4v) is 4.48. The molecule has 0 aromatic rings. The van der Waals surface area contributed by atoms with Crippen LogP contribution < -0.4 is 5.32 Å². The van der Waals surface area contributed by atoms with Gasteiger partial charge in [-0.05, 0) is 32.6 Å². The number of urea groups is 1. The van der Waals surface area contributed by atoms with Crippen LogP contribution in [0, 0.1) is 5.92 Å². The van der Waals surface area contributed by atoms with Crippen LogP contribution in [0.2, 0.25) is 0 Å². The molecule has 2 amide bonds. The lowest BCUT2D eigenvalue weighted by atomic mass is 9.92. The van der Waals surface area contributed by atoms with Gasteiger partial charge in [-0.25, -0.2) is 13.2 Å². The molecule has 0 aliphatic carbocycles. The van der Waals surface area contributed by atoms with E-state index in [1.54, 1.807) is 4.90 Å². The molecule has 0 aromatic carbocycles. The lowest BCUT2D eigenvalue weighted by molar-refractivity contribution is -0.143. The Balaban J connectivity index is 1.85. The summed E-state index contributed by atoms with van der Waals surface area (Å²) < 4.78 is 22.7. The van der Waals surface area contributed by atoms with Crippen LogP contribution in [-0.2, 0) is 14.6 Å². The summed E-state index contributed by atoms with van der Waals surface area (Å²) in [4.78, 5) is 24.9. The average Bonchev–Trinajstić information content (AvgIpc) is 2.40. The number of carboxylic acid groups (broad SMARTS) is 1. The van der Waals surface area contributed by atoms with Crippen molar-refractivity contribution in [2.45, 2.75) is 44.7 Å². The highest BCUT2D eigenvalue weighted by Gasteiger charge is 2.33. The summed E-state index contributed by atoms with van der Waals surface area (Å²) in [7, 11) is -2.93. The van der Waals surface area contributed by atoms with Crippen molar-refractivity contribution in [3.05, 3.63) is 0 Å². The molecule has 0 saturated carbocycles. The van der Waals surface area contributed by atoms with E-state index in [9.17, 15) is 18.0 Å². The third-order valence-corrected chi connectivity index (χ3v) is 6.08. The van der Waals surface area contributed by atoms with E-state index in [0.717, 1.165) is 0 Å². The first-order chi connectivity index (χ1) is 9.78. The quantitative estimate of drug-likeness (QED) is 0.770. The maximum absolute atomic E-state index is 12.2. The Bertz CT molecular complexity index is 505. The smallest absolute Gasteiger partial charge is 0.317 e. The predicted octanol–water partition coefficient (Wildman–Crippen LogP) is 0.458. The summed E-state index contributed by atoms with van der Waals surface area (Å²) >= 11 is 0. The van der Waals surface area contributed by atoms with Crippen LogP contribution in [-0.4, -0.2) is 60.6 Å². The zero-order chi connectivity index (χ0) is 15.6. The minimum atomic E-state index is -2.93. The maximum atomic E-state index is 12.2. The van der Waals surface area contributed by atoms with Crippen LogP contribution in [0.4, 0.5) is 4.79 Å². The normalized spacial score (nSPS) is 29.9. The first-order valence-corrected chi connectivity index (χ1v) is 9.11. The second kappa shape index (κ2) is 6.21. The molecule has 2 saturated heterocycles. The number of hydrogen-bond donors (Lipinski definition) is 2. The molecule has 120 valence electrons. The van der Waals surface area contributed by atoms with Gasteiger partial charge >= 0.3 is 12.0 Å². The SMILES string of the molecule is CC1CC(C(=O)O)CCN1C(=O)NC1CCS(=O)(=O)CC1. The van der Waals surface area contributed by atoms with E-state index in [0.29, 0.717) is 32.2 Å². The standard InChI is InChI=1S/C13H22N2O5S/c1-9-8-10(12(16)17)2-5-15(9)13(18)14-11-3-6-21(19,20)7-4-11/h9-11H,2-8H2,1H3,(H,14,18)(H,16,17). The molecule has 2 rings (SSSR count). The van der Waals surface area contributed by atoms with Crippen molar-refractivity contribution in [3.63, 3.8) is 0 Å². The summed E-state index contributed by atoms with van der Waals surface area (Å²) in [5.74, 6) is -0.952. The fraction of sp³-hybridized carbons (Fsp3) is 0.846. The molecule has 2 unspecified atom stereocenters. The van der Waals surface area contributed by atoms with E-state index >= 15 is 0 Å². The third kappa shape index (κ3) is 4.09. The topological polar surface area (TPSA) is 104 Å². The lowest BCUT2D eigenvalue weighted by Gasteiger charge is -2.37. The minimum Gasteiger partial charge on any atom is -0.481 e. The number of carbonyl (C=O) groups is 2. The van der Waals surface area contributed by atoms with E-state index in [1.165, 1.54) is 0 Å². The lowest BCUT2D eigenvalue weighted by Crippen LogP contribution is -2.53. The average molecular weight is 318 g/mol. The third-order valence-electron chi connectivity index (χ3n) is 4.37. The highest BCUT2D eigenvalue weighted by atomic mass is 32.2. The van der Waals surface area contributed by atoms with Gasteiger partial charge < -0.3 is 15.3 Å². The maximum Gasteiger partial charge on any atom is 0.317 e. The van der Waals surface area contributed by atoms with Gasteiger partial charge in [-0.15, -0.1) is 0 Å². The number of amides is 2. The van der Waals surface area contributed by atoms with Gasteiger partial charge in [0, 0.05) is 18.6 Å². The van der Waals surface area contributed by atoms with Crippen molar-refractivity contribution in [3.8, 4) is 0 Å². The van der Waals surface area contributed by atoms with Gasteiger partial charge in [0.2, 0.25) is 0 Å². The molecule has 2 fully saturated rings. The molecule has 2 heterocycles. The fourth-order valence-electron chi connectivity index (χ4n) is 2.99. The molecule has 2 atom stereocenters. The van der Waals surface area contributed by atoms with Gasteiger partial charge in [-0.2, -0.15) is 0 Å². The number of carbonyl (C=O) groups excluding carboxylic acids is 1. The summed E-state index contributed by atoms with van der Waals surface area (Å²) in [5.41, 5.74) is 0. The Morgan fingerprint density at radius 2 is 1.81 bits per heavy atom. The van der Waals surface area contributed by atoms with Crippen LogP contribution in [0.15, 0.2) is 0 Å².